The maximum atomic E-state index is 13.6. The second-order valence-corrected chi connectivity index (χ2v) is 10.2. The van der Waals surface area contributed by atoms with Crippen LogP contribution in [0.5, 0.6) is 28.7 Å². The van der Waals surface area contributed by atoms with Crippen molar-refractivity contribution in [3.8, 4) is 28.7 Å². The number of rotatable bonds is 13. The molecule has 0 spiro atoms. The van der Waals surface area contributed by atoms with Crippen molar-refractivity contribution >= 4 is 35.0 Å². The number of methoxy groups -OCH3 is 3. The van der Waals surface area contributed by atoms with Crippen LogP contribution in [0.3, 0.4) is 0 Å². The summed E-state index contributed by atoms with van der Waals surface area (Å²) < 4.78 is 28.3. The van der Waals surface area contributed by atoms with Crippen molar-refractivity contribution in [2.24, 2.45) is 4.99 Å². The van der Waals surface area contributed by atoms with Crippen molar-refractivity contribution in [3.05, 3.63) is 84.2 Å². The normalized spacial score (nSPS) is 14.8. The lowest BCUT2D eigenvalue weighted by Gasteiger charge is -2.19. The van der Waals surface area contributed by atoms with Crippen molar-refractivity contribution in [1.29, 1.82) is 0 Å². The lowest BCUT2D eigenvalue weighted by atomic mass is 10.0. The van der Waals surface area contributed by atoms with Gasteiger partial charge in [-0.05, 0) is 41.6 Å². The van der Waals surface area contributed by atoms with E-state index in [1.165, 1.54) is 20.4 Å². The first-order valence-electron chi connectivity index (χ1n) is 14.4. The summed E-state index contributed by atoms with van der Waals surface area (Å²) in [5, 5.41) is 5.57. The van der Waals surface area contributed by atoms with Crippen LogP contribution in [0.1, 0.15) is 39.1 Å². The summed E-state index contributed by atoms with van der Waals surface area (Å²) in [4.78, 5) is 32.4. The summed E-state index contributed by atoms with van der Waals surface area (Å²) in [6.07, 6.45) is 6.21. The topological polar surface area (TPSA) is 120 Å². The zero-order valence-corrected chi connectivity index (χ0v) is 25.7. The van der Waals surface area contributed by atoms with E-state index in [0.717, 1.165) is 16.9 Å². The molecule has 2 amide bonds. The summed E-state index contributed by atoms with van der Waals surface area (Å²) >= 11 is 0. The highest BCUT2D eigenvalue weighted by Crippen LogP contribution is 2.40. The molecule has 45 heavy (non-hydrogen) atoms. The van der Waals surface area contributed by atoms with Crippen molar-refractivity contribution in [3.63, 3.8) is 0 Å². The maximum Gasteiger partial charge on any atom is 0.260 e. The minimum absolute atomic E-state index is 0.155. The van der Waals surface area contributed by atoms with E-state index in [4.69, 9.17) is 23.7 Å². The van der Waals surface area contributed by atoms with Gasteiger partial charge in [0.25, 0.3) is 11.8 Å². The van der Waals surface area contributed by atoms with Gasteiger partial charge in [0.15, 0.2) is 23.0 Å². The first-order valence-corrected chi connectivity index (χ1v) is 14.4. The number of hydrogen-bond donors (Lipinski definition) is 2. The Kier molecular flexibility index (Phi) is 9.57. The molecule has 5 rings (SSSR count). The Bertz CT molecular complexity index is 1650. The van der Waals surface area contributed by atoms with Crippen LogP contribution in [0, 0.1) is 0 Å². The molecule has 0 saturated heterocycles. The van der Waals surface area contributed by atoms with E-state index in [1.54, 1.807) is 49.5 Å². The van der Waals surface area contributed by atoms with Crippen molar-refractivity contribution in [1.82, 2.24) is 10.2 Å². The van der Waals surface area contributed by atoms with E-state index in [9.17, 15) is 9.59 Å². The Morgan fingerprint density at radius 1 is 0.978 bits per heavy atom. The number of amides is 2. The molecule has 2 aliphatic rings. The second kappa shape index (κ2) is 13.9. The molecule has 1 atom stereocenters. The molecule has 2 heterocycles. The van der Waals surface area contributed by atoms with Crippen molar-refractivity contribution in [2.75, 3.05) is 46.9 Å². The predicted molar refractivity (Wildman–Crippen MR) is 173 cm³/mol. The van der Waals surface area contributed by atoms with Crippen LogP contribution in [-0.2, 0) is 0 Å². The third kappa shape index (κ3) is 6.57. The fourth-order valence-electron chi connectivity index (χ4n) is 5.20. The fraction of sp³-hybridized carbons (Fsp3) is 0.265. The van der Waals surface area contributed by atoms with Gasteiger partial charge in [0, 0.05) is 44.4 Å². The van der Waals surface area contributed by atoms with Crippen molar-refractivity contribution < 1.29 is 33.3 Å². The third-order valence-electron chi connectivity index (χ3n) is 7.53. The summed E-state index contributed by atoms with van der Waals surface area (Å²) in [6.45, 7) is 4.17. The molecule has 0 aliphatic carbocycles. The number of carbonyl (C=O) groups is 2. The number of ether oxygens (including phenoxy) is 5. The Balaban J connectivity index is 1.24. The van der Waals surface area contributed by atoms with Gasteiger partial charge in [-0.2, -0.15) is 0 Å². The van der Waals surface area contributed by atoms with Gasteiger partial charge in [-0.25, -0.2) is 0 Å². The minimum atomic E-state index is -0.316. The molecular formula is C34H36N4O7. The van der Waals surface area contributed by atoms with Crippen LogP contribution >= 0.6 is 0 Å². The first kappa shape index (κ1) is 31.0. The molecule has 0 fully saturated rings. The number of benzene rings is 3. The summed E-state index contributed by atoms with van der Waals surface area (Å²) in [6, 6.07) is 14.3. The third-order valence-corrected chi connectivity index (χ3v) is 7.53. The van der Waals surface area contributed by atoms with Crippen LogP contribution in [0.15, 0.2) is 72.5 Å². The molecule has 3 aromatic carbocycles. The van der Waals surface area contributed by atoms with Gasteiger partial charge in [-0.1, -0.05) is 18.7 Å². The number of aliphatic imine (C=N–C) groups is 1. The van der Waals surface area contributed by atoms with E-state index in [1.807, 2.05) is 30.5 Å². The van der Waals surface area contributed by atoms with Gasteiger partial charge < -0.3 is 39.2 Å². The van der Waals surface area contributed by atoms with Crippen molar-refractivity contribution in [2.45, 2.75) is 18.9 Å². The number of nitrogens with one attached hydrogen (secondary N) is 2. The van der Waals surface area contributed by atoms with Gasteiger partial charge in [0.2, 0.25) is 0 Å². The van der Waals surface area contributed by atoms with Gasteiger partial charge in [-0.15, -0.1) is 0 Å². The monoisotopic (exact) mass is 612 g/mol. The first-order chi connectivity index (χ1) is 21.9. The number of fused-ring (bicyclic) bond motifs is 2. The molecule has 1 unspecified atom stereocenters. The van der Waals surface area contributed by atoms with Gasteiger partial charge in [0.1, 0.15) is 5.75 Å². The van der Waals surface area contributed by atoms with Gasteiger partial charge >= 0.3 is 0 Å². The molecule has 234 valence electrons. The molecule has 0 saturated carbocycles. The molecule has 3 aromatic rings. The van der Waals surface area contributed by atoms with Crippen LogP contribution < -0.4 is 34.3 Å². The Morgan fingerprint density at radius 3 is 2.31 bits per heavy atom. The molecule has 2 aliphatic heterocycles. The lowest BCUT2D eigenvalue weighted by Crippen LogP contribution is -2.32. The van der Waals surface area contributed by atoms with E-state index >= 15 is 0 Å². The SMILES string of the molecule is C=CNC(=O)c1cc(OC)c(OCCCOc2cc3c(cc2OC)C(=O)N2C=C(c4ccc(OC)cc4)CC2C=N3)cc1NC. The number of nitrogens with zero attached hydrogens (tertiary/aromatic N) is 2. The smallest absolute Gasteiger partial charge is 0.260 e. The largest absolute Gasteiger partial charge is 0.497 e. The number of anilines is 1. The molecule has 0 aromatic heterocycles. The van der Waals surface area contributed by atoms with E-state index in [0.29, 0.717) is 71.6 Å². The van der Waals surface area contributed by atoms with Crippen LogP contribution in [0.4, 0.5) is 11.4 Å². The highest BCUT2D eigenvalue weighted by atomic mass is 16.5. The molecular weight excluding hydrogens is 576 g/mol. The van der Waals surface area contributed by atoms with Gasteiger partial charge in [0.05, 0.1) is 63.1 Å². The average molecular weight is 613 g/mol. The Morgan fingerprint density at radius 2 is 1.67 bits per heavy atom. The molecule has 11 heteroatoms. The number of carbonyl (C=O) groups excluding carboxylic acids is 2. The number of hydrogen-bond acceptors (Lipinski definition) is 9. The van der Waals surface area contributed by atoms with Gasteiger partial charge in [-0.3, -0.25) is 14.6 Å². The predicted octanol–water partition coefficient (Wildman–Crippen LogP) is 5.45. The van der Waals surface area contributed by atoms with Crippen LogP contribution in [-0.4, -0.2) is 70.6 Å². The standard InChI is InChI=1S/C34H36N4O7/c1-6-36-33(39)25-15-29(42-4)31(17-27(25)35-2)44-12-7-13-45-32-18-28-26(16-30(32)43-5)34(40)38-20-22(14-23(38)19-37-28)21-8-10-24(41-3)11-9-21/h6,8-11,15-20,23,35H,1,7,12-14H2,2-5H3,(H,36,39). The summed E-state index contributed by atoms with van der Waals surface area (Å²) in [5.41, 5.74) is 4.02. The average Bonchev–Trinajstić information content (AvgIpc) is 3.45. The minimum Gasteiger partial charge on any atom is -0.497 e. The van der Waals surface area contributed by atoms with E-state index < -0.39 is 0 Å². The molecule has 2 N–H and O–H groups in total. The maximum absolute atomic E-state index is 13.6. The molecule has 0 bridgehead atoms. The Hall–Kier alpha value is -5.45. The van der Waals surface area contributed by atoms with E-state index in [2.05, 4.69) is 22.2 Å². The lowest BCUT2D eigenvalue weighted by molar-refractivity contribution is 0.0817. The quantitative estimate of drug-likeness (QED) is 0.245. The zero-order valence-electron chi connectivity index (χ0n) is 25.7. The fourth-order valence-corrected chi connectivity index (χ4v) is 5.20. The molecule has 0 radical (unpaired) electrons. The second-order valence-electron chi connectivity index (χ2n) is 10.2. The highest BCUT2D eigenvalue weighted by Gasteiger charge is 2.33. The van der Waals surface area contributed by atoms with Crippen LogP contribution in [0.25, 0.3) is 5.57 Å². The highest BCUT2D eigenvalue weighted by molar-refractivity contribution is 6.05. The summed E-state index contributed by atoms with van der Waals surface area (Å²) in [7, 11) is 6.40. The summed E-state index contributed by atoms with van der Waals surface area (Å²) in [5.74, 6) is 2.12. The molecule has 11 nitrogen and oxygen atoms in total. The Labute approximate surface area is 262 Å². The zero-order chi connectivity index (χ0) is 31.9. The van der Waals surface area contributed by atoms with E-state index in [-0.39, 0.29) is 17.9 Å². The van der Waals surface area contributed by atoms with Crippen LogP contribution in [0.2, 0.25) is 0 Å².